The van der Waals surface area contributed by atoms with Crippen LogP contribution in [0.4, 0.5) is 0 Å². The van der Waals surface area contributed by atoms with Gasteiger partial charge in [0.25, 0.3) is 0 Å². The Morgan fingerprint density at radius 1 is 1.35 bits per heavy atom. The Morgan fingerprint density at radius 2 is 2.18 bits per heavy atom. The molecule has 6 heteroatoms. The summed E-state index contributed by atoms with van der Waals surface area (Å²) in [6.07, 6.45) is 3.12. The Bertz CT molecular complexity index is 550. The quantitative estimate of drug-likeness (QED) is 0.772. The molecule has 0 spiro atoms. The number of rotatable bonds is 4. The summed E-state index contributed by atoms with van der Waals surface area (Å²) in [6.45, 7) is 0. The third-order valence-corrected chi connectivity index (χ3v) is 3.65. The molecule has 86 valence electrons. The lowest BCUT2D eigenvalue weighted by atomic mass is 10.2. The number of carbonyl (C=O) groups is 1. The molecule has 0 atom stereocenters. The summed E-state index contributed by atoms with van der Waals surface area (Å²) in [7, 11) is 0. The van der Waals surface area contributed by atoms with E-state index in [1.165, 1.54) is 11.8 Å². The number of nitrogens with zero attached hydrogens (tertiary/aromatic N) is 4. The van der Waals surface area contributed by atoms with Gasteiger partial charge in [0.1, 0.15) is 0 Å². The summed E-state index contributed by atoms with van der Waals surface area (Å²) in [6, 6.07) is 7.88. The van der Waals surface area contributed by atoms with Crippen LogP contribution in [0.5, 0.6) is 0 Å². The van der Waals surface area contributed by atoms with Gasteiger partial charge in [0.15, 0.2) is 6.29 Å². The van der Waals surface area contributed by atoms with Crippen LogP contribution in [0.15, 0.2) is 34.3 Å². The van der Waals surface area contributed by atoms with E-state index in [9.17, 15) is 4.79 Å². The predicted octanol–water partition coefficient (Wildman–Crippen LogP) is 1.97. The second kappa shape index (κ2) is 4.29. The lowest BCUT2D eigenvalue weighted by Crippen LogP contribution is -1.98. The fourth-order valence-corrected chi connectivity index (χ4v) is 2.50. The van der Waals surface area contributed by atoms with E-state index in [-0.39, 0.29) is 0 Å². The molecule has 0 aliphatic heterocycles. The number of tetrazole rings is 1. The van der Waals surface area contributed by atoms with Crippen LogP contribution >= 0.6 is 11.8 Å². The van der Waals surface area contributed by atoms with Crippen molar-refractivity contribution in [1.82, 2.24) is 20.2 Å². The van der Waals surface area contributed by atoms with Crippen LogP contribution in [0.1, 0.15) is 29.2 Å². The normalized spacial score (nSPS) is 14.8. The number of aldehydes is 1. The highest BCUT2D eigenvalue weighted by atomic mass is 32.2. The Labute approximate surface area is 102 Å². The molecular formula is C11H10N4OS. The van der Waals surface area contributed by atoms with Crippen molar-refractivity contribution in [1.29, 1.82) is 0 Å². The van der Waals surface area contributed by atoms with E-state index in [2.05, 4.69) is 15.5 Å². The minimum atomic E-state index is 0.441. The second-order valence-corrected chi connectivity index (χ2v) is 4.90. The molecule has 1 aliphatic carbocycles. The average molecular weight is 246 g/mol. The Morgan fingerprint density at radius 3 is 2.94 bits per heavy atom. The molecule has 1 saturated carbocycles. The highest BCUT2D eigenvalue weighted by Crippen LogP contribution is 2.38. The first kappa shape index (κ1) is 10.5. The van der Waals surface area contributed by atoms with Crippen LogP contribution in [0.25, 0.3) is 0 Å². The van der Waals surface area contributed by atoms with Gasteiger partial charge in [0, 0.05) is 10.5 Å². The molecule has 0 saturated heterocycles. The molecule has 2 aromatic rings. The van der Waals surface area contributed by atoms with Crippen molar-refractivity contribution in [2.45, 2.75) is 28.9 Å². The maximum atomic E-state index is 10.9. The summed E-state index contributed by atoms with van der Waals surface area (Å²) in [5.41, 5.74) is 0.669. The molecular weight excluding hydrogens is 236 g/mol. The third-order valence-electron chi connectivity index (χ3n) is 2.60. The maximum absolute atomic E-state index is 10.9. The van der Waals surface area contributed by atoms with E-state index in [1.54, 1.807) is 6.07 Å². The number of hydrogen-bond acceptors (Lipinski definition) is 5. The lowest BCUT2D eigenvalue weighted by molar-refractivity contribution is 0.112. The van der Waals surface area contributed by atoms with Crippen molar-refractivity contribution < 1.29 is 4.79 Å². The maximum Gasteiger partial charge on any atom is 0.214 e. The van der Waals surface area contributed by atoms with Gasteiger partial charge in [-0.1, -0.05) is 18.2 Å². The molecule has 0 N–H and O–H groups in total. The van der Waals surface area contributed by atoms with Gasteiger partial charge in [0.2, 0.25) is 5.16 Å². The molecule has 0 bridgehead atoms. The first-order valence-corrected chi connectivity index (χ1v) is 6.20. The topological polar surface area (TPSA) is 60.7 Å². The molecule has 1 heterocycles. The van der Waals surface area contributed by atoms with E-state index in [0.717, 1.165) is 29.2 Å². The van der Waals surface area contributed by atoms with Crippen LogP contribution in [-0.2, 0) is 0 Å². The first-order valence-electron chi connectivity index (χ1n) is 5.38. The Kier molecular flexibility index (Phi) is 2.64. The van der Waals surface area contributed by atoms with Gasteiger partial charge >= 0.3 is 0 Å². The summed E-state index contributed by atoms with van der Waals surface area (Å²) in [4.78, 5) is 11.8. The molecule has 3 rings (SSSR count). The van der Waals surface area contributed by atoms with Crippen LogP contribution in [0, 0.1) is 0 Å². The zero-order valence-corrected chi connectivity index (χ0v) is 9.80. The number of benzene rings is 1. The fourth-order valence-electron chi connectivity index (χ4n) is 1.57. The van der Waals surface area contributed by atoms with E-state index >= 15 is 0 Å². The van der Waals surface area contributed by atoms with Gasteiger partial charge in [-0.3, -0.25) is 4.79 Å². The summed E-state index contributed by atoms with van der Waals surface area (Å²) >= 11 is 1.44. The Balaban J connectivity index is 1.90. The molecule has 17 heavy (non-hydrogen) atoms. The highest BCUT2D eigenvalue weighted by molar-refractivity contribution is 7.99. The zero-order valence-electron chi connectivity index (χ0n) is 8.98. The molecule has 0 radical (unpaired) electrons. The van der Waals surface area contributed by atoms with E-state index in [4.69, 9.17) is 0 Å². The molecule has 0 unspecified atom stereocenters. The summed E-state index contributed by atoms with van der Waals surface area (Å²) in [5.74, 6) is 0. The van der Waals surface area contributed by atoms with Gasteiger partial charge < -0.3 is 0 Å². The monoisotopic (exact) mass is 246 g/mol. The van der Waals surface area contributed by atoms with Crippen molar-refractivity contribution in [3.05, 3.63) is 29.8 Å². The van der Waals surface area contributed by atoms with Crippen molar-refractivity contribution in [2.24, 2.45) is 0 Å². The molecule has 5 nitrogen and oxygen atoms in total. The van der Waals surface area contributed by atoms with Crippen LogP contribution in [0.2, 0.25) is 0 Å². The molecule has 1 aromatic carbocycles. The summed E-state index contributed by atoms with van der Waals surface area (Å²) in [5, 5.41) is 12.4. The van der Waals surface area contributed by atoms with Gasteiger partial charge in [-0.25, -0.2) is 4.68 Å². The second-order valence-electron chi connectivity index (χ2n) is 3.89. The molecule has 0 amide bonds. The van der Waals surface area contributed by atoms with Gasteiger partial charge in [-0.15, -0.1) is 5.10 Å². The van der Waals surface area contributed by atoms with Crippen LogP contribution in [-0.4, -0.2) is 26.5 Å². The lowest BCUT2D eigenvalue weighted by Gasteiger charge is -2.03. The number of carbonyl (C=O) groups excluding carboxylic acids is 1. The molecule has 1 aromatic heterocycles. The van der Waals surface area contributed by atoms with Crippen LogP contribution in [0.3, 0.4) is 0 Å². The van der Waals surface area contributed by atoms with Crippen molar-refractivity contribution in [3.63, 3.8) is 0 Å². The first-order chi connectivity index (χ1) is 8.38. The minimum Gasteiger partial charge on any atom is -0.298 e. The van der Waals surface area contributed by atoms with Crippen LogP contribution < -0.4 is 0 Å². The molecule has 1 fully saturated rings. The van der Waals surface area contributed by atoms with Gasteiger partial charge in [-0.05, 0) is 41.1 Å². The third kappa shape index (κ3) is 2.08. The SMILES string of the molecule is O=Cc1ccccc1Sc1nnnn1C1CC1. The van der Waals surface area contributed by atoms with E-state index in [1.807, 2.05) is 22.9 Å². The standard InChI is InChI=1S/C11H10N4OS/c16-7-8-3-1-2-4-10(8)17-11-12-13-14-15(11)9-5-6-9/h1-4,7,9H,5-6H2. The number of aromatic nitrogens is 4. The van der Waals surface area contributed by atoms with Gasteiger partial charge in [-0.2, -0.15) is 0 Å². The largest absolute Gasteiger partial charge is 0.298 e. The molecule has 1 aliphatic rings. The van der Waals surface area contributed by atoms with Crippen molar-refractivity contribution >= 4 is 18.0 Å². The minimum absolute atomic E-state index is 0.441. The zero-order chi connectivity index (χ0) is 11.7. The fraction of sp³-hybridized carbons (Fsp3) is 0.273. The Hall–Kier alpha value is -1.69. The van der Waals surface area contributed by atoms with E-state index < -0.39 is 0 Å². The average Bonchev–Trinajstić information content (AvgIpc) is 3.11. The predicted molar refractivity (Wildman–Crippen MR) is 62.0 cm³/mol. The smallest absolute Gasteiger partial charge is 0.214 e. The van der Waals surface area contributed by atoms with E-state index in [0.29, 0.717) is 11.6 Å². The summed E-state index contributed by atoms with van der Waals surface area (Å²) < 4.78 is 1.84. The highest BCUT2D eigenvalue weighted by Gasteiger charge is 2.28. The number of hydrogen-bond donors (Lipinski definition) is 0. The van der Waals surface area contributed by atoms with Crippen molar-refractivity contribution in [2.75, 3.05) is 0 Å². The van der Waals surface area contributed by atoms with Gasteiger partial charge in [0.05, 0.1) is 6.04 Å². The van der Waals surface area contributed by atoms with Crippen molar-refractivity contribution in [3.8, 4) is 0 Å².